The molecule has 0 bridgehead atoms. The van der Waals surface area contributed by atoms with Crippen LogP contribution >= 0.6 is 0 Å². The zero-order valence-corrected chi connectivity index (χ0v) is 6.39. The Morgan fingerprint density at radius 1 is 1.70 bits per heavy atom. The van der Waals surface area contributed by atoms with Crippen LogP contribution < -0.4 is 5.32 Å². The van der Waals surface area contributed by atoms with Crippen molar-refractivity contribution in [3.63, 3.8) is 0 Å². The standard InChI is InChI=1S/C7H13NO2/c1-5-3-6(4-10-5)7(9)8-2/h5-6H,3-4H2,1-2H3,(H,8,9). The fourth-order valence-electron chi connectivity index (χ4n) is 1.20. The normalized spacial score (nSPS) is 32.2. The second-order valence-electron chi connectivity index (χ2n) is 2.69. The minimum Gasteiger partial charge on any atom is -0.378 e. The lowest BCUT2D eigenvalue weighted by Gasteiger charge is -2.03. The van der Waals surface area contributed by atoms with Gasteiger partial charge < -0.3 is 10.1 Å². The van der Waals surface area contributed by atoms with E-state index >= 15 is 0 Å². The Kier molecular flexibility index (Phi) is 2.27. The van der Waals surface area contributed by atoms with Gasteiger partial charge in [-0.15, -0.1) is 0 Å². The molecule has 1 aliphatic heterocycles. The Labute approximate surface area is 60.7 Å². The van der Waals surface area contributed by atoms with Crippen LogP contribution in [0.1, 0.15) is 13.3 Å². The third-order valence-corrected chi connectivity index (χ3v) is 1.82. The molecule has 3 nitrogen and oxygen atoms in total. The van der Waals surface area contributed by atoms with Crippen molar-refractivity contribution in [1.29, 1.82) is 0 Å². The molecule has 58 valence electrons. The molecule has 1 aliphatic rings. The summed E-state index contributed by atoms with van der Waals surface area (Å²) >= 11 is 0. The number of hydrogen-bond donors (Lipinski definition) is 1. The van der Waals surface area contributed by atoms with Crippen molar-refractivity contribution < 1.29 is 9.53 Å². The summed E-state index contributed by atoms with van der Waals surface area (Å²) < 4.78 is 5.23. The second kappa shape index (κ2) is 3.01. The monoisotopic (exact) mass is 143 g/mol. The molecule has 10 heavy (non-hydrogen) atoms. The average molecular weight is 143 g/mol. The summed E-state index contributed by atoms with van der Waals surface area (Å²) in [6, 6.07) is 0. The third kappa shape index (κ3) is 1.48. The summed E-state index contributed by atoms with van der Waals surface area (Å²) in [6.45, 7) is 2.57. The maximum atomic E-state index is 11.0. The Hall–Kier alpha value is -0.570. The molecule has 0 saturated carbocycles. The van der Waals surface area contributed by atoms with Crippen molar-refractivity contribution in [2.75, 3.05) is 13.7 Å². The second-order valence-corrected chi connectivity index (χ2v) is 2.69. The van der Waals surface area contributed by atoms with Gasteiger partial charge in [-0.3, -0.25) is 4.79 Å². The van der Waals surface area contributed by atoms with Gasteiger partial charge >= 0.3 is 0 Å². The largest absolute Gasteiger partial charge is 0.378 e. The number of amides is 1. The summed E-state index contributed by atoms with van der Waals surface area (Å²) in [7, 11) is 1.66. The van der Waals surface area contributed by atoms with Crippen LogP contribution in [0.5, 0.6) is 0 Å². The van der Waals surface area contributed by atoms with Gasteiger partial charge in [0.2, 0.25) is 5.91 Å². The van der Waals surface area contributed by atoms with Crippen LogP contribution in [0.15, 0.2) is 0 Å². The highest BCUT2D eigenvalue weighted by Crippen LogP contribution is 2.18. The van der Waals surface area contributed by atoms with Gasteiger partial charge in [-0.05, 0) is 13.3 Å². The van der Waals surface area contributed by atoms with Crippen LogP contribution in [0.3, 0.4) is 0 Å². The van der Waals surface area contributed by atoms with Crippen molar-refractivity contribution in [2.24, 2.45) is 5.92 Å². The highest BCUT2D eigenvalue weighted by molar-refractivity contribution is 5.78. The number of ether oxygens (including phenoxy) is 1. The van der Waals surface area contributed by atoms with E-state index in [1.807, 2.05) is 6.92 Å². The van der Waals surface area contributed by atoms with Crippen LogP contribution in [0, 0.1) is 5.92 Å². The zero-order chi connectivity index (χ0) is 7.56. The molecule has 2 unspecified atom stereocenters. The minimum atomic E-state index is 0.0833. The highest BCUT2D eigenvalue weighted by Gasteiger charge is 2.26. The smallest absolute Gasteiger partial charge is 0.225 e. The summed E-state index contributed by atoms with van der Waals surface area (Å²) in [5.41, 5.74) is 0. The van der Waals surface area contributed by atoms with Gasteiger partial charge in [0.25, 0.3) is 0 Å². The van der Waals surface area contributed by atoms with Gasteiger partial charge in [0.05, 0.1) is 18.6 Å². The van der Waals surface area contributed by atoms with Gasteiger partial charge in [-0.2, -0.15) is 0 Å². The molecule has 0 aliphatic carbocycles. The fraction of sp³-hybridized carbons (Fsp3) is 0.857. The number of rotatable bonds is 1. The van der Waals surface area contributed by atoms with Gasteiger partial charge in [-0.25, -0.2) is 0 Å². The molecular weight excluding hydrogens is 130 g/mol. The first-order valence-corrected chi connectivity index (χ1v) is 3.57. The average Bonchev–Trinajstić information content (AvgIpc) is 2.34. The molecule has 1 amide bonds. The van der Waals surface area contributed by atoms with E-state index in [2.05, 4.69) is 5.32 Å². The predicted octanol–water partition coefficient (Wildman–Crippen LogP) is 0.157. The molecular formula is C7H13NO2. The van der Waals surface area contributed by atoms with E-state index in [4.69, 9.17) is 4.74 Å². The fourth-order valence-corrected chi connectivity index (χ4v) is 1.20. The van der Waals surface area contributed by atoms with Gasteiger partial charge in [0, 0.05) is 7.05 Å². The van der Waals surface area contributed by atoms with Crippen molar-refractivity contribution in [1.82, 2.24) is 5.32 Å². The van der Waals surface area contributed by atoms with Crippen molar-refractivity contribution >= 4 is 5.91 Å². The Bertz CT molecular complexity index is 136. The van der Waals surface area contributed by atoms with Crippen LogP contribution in [-0.4, -0.2) is 25.7 Å². The Morgan fingerprint density at radius 2 is 2.40 bits per heavy atom. The van der Waals surface area contributed by atoms with E-state index in [1.54, 1.807) is 7.05 Å². The summed E-state index contributed by atoms with van der Waals surface area (Å²) in [5.74, 6) is 0.185. The van der Waals surface area contributed by atoms with Crippen molar-refractivity contribution in [3.05, 3.63) is 0 Å². The van der Waals surface area contributed by atoms with Crippen molar-refractivity contribution in [2.45, 2.75) is 19.4 Å². The molecule has 0 aromatic carbocycles. The van der Waals surface area contributed by atoms with Gasteiger partial charge in [0.1, 0.15) is 0 Å². The molecule has 0 radical (unpaired) electrons. The molecule has 2 atom stereocenters. The molecule has 1 N–H and O–H groups in total. The first-order valence-electron chi connectivity index (χ1n) is 3.57. The summed E-state index contributed by atoms with van der Waals surface area (Å²) in [6.07, 6.45) is 1.11. The quantitative estimate of drug-likeness (QED) is 0.567. The number of carbonyl (C=O) groups excluding carboxylic acids is 1. The van der Waals surface area contributed by atoms with Crippen LogP contribution in [0.25, 0.3) is 0 Å². The van der Waals surface area contributed by atoms with Crippen molar-refractivity contribution in [3.8, 4) is 0 Å². The highest BCUT2D eigenvalue weighted by atomic mass is 16.5. The van der Waals surface area contributed by atoms with Gasteiger partial charge in [0.15, 0.2) is 0 Å². The molecule has 1 heterocycles. The molecule has 1 saturated heterocycles. The van der Waals surface area contributed by atoms with E-state index in [0.717, 1.165) is 6.42 Å². The molecule has 1 rings (SSSR count). The number of carbonyl (C=O) groups is 1. The molecule has 1 fully saturated rings. The van der Waals surface area contributed by atoms with Crippen LogP contribution in [0.4, 0.5) is 0 Å². The van der Waals surface area contributed by atoms with E-state index < -0.39 is 0 Å². The summed E-state index contributed by atoms with van der Waals surface area (Å²) in [4.78, 5) is 11.0. The Morgan fingerprint density at radius 3 is 2.80 bits per heavy atom. The van der Waals surface area contributed by atoms with E-state index in [-0.39, 0.29) is 17.9 Å². The molecule has 0 aromatic rings. The number of hydrogen-bond acceptors (Lipinski definition) is 2. The predicted molar refractivity (Wildman–Crippen MR) is 37.6 cm³/mol. The first-order chi connectivity index (χ1) is 4.74. The first kappa shape index (κ1) is 7.54. The molecule has 3 heteroatoms. The Balaban J connectivity index is 2.37. The van der Waals surface area contributed by atoms with Crippen LogP contribution in [-0.2, 0) is 9.53 Å². The van der Waals surface area contributed by atoms with E-state index in [0.29, 0.717) is 6.61 Å². The lowest BCUT2D eigenvalue weighted by molar-refractivity contribution is -0.124. The summed E-state index contributed by atoms with van der Waals surface area (Å²) in [5, 5.41) is 2.61. The third-order valence-electron chi connectivity index (χ3n) is 1.82. The SMILES string of the molecule is CNC(=O)C1COC(C)C1. The number of nitrogens with one attached hydrogen (secondary N) is 1. The molecule has 0 spiro atoms. The van der Waals surface area contributed by atoms with Crippen LogP contribution in [0.2, 0.25) is 0 Å². The lowest BCUT2D eigenvalue weighted by atomic mass is 10.1. The van der Waals surface area contributed by atoms with Gasteiger partial charge in [-0.1, -0.05) is 0 Å². The van der Waals surface area contributed by atoms with E-state index in [1.165, 1.54) is 0 Å². The minimum absolute atomic E-state index is 0.0833. The lowest BCUT2D eigenvalue weighted by Crippen LogP contribution is -2.27. The maximum absolute atomic E-state index is 11.0. The zero-order valence-electron chi connectivity index (χ0n) is 6.39. The van der Waals surface area contributed by atoms with E-state index in [9.17, 15) is 4.79 Å². The topological polar surface area (TPSA) is 38.3 Å². The molecule has 0 aromatic heterocycles. The maximum Gasteiger partial charge on any atom is 0.225 e.